The molecule has 27 heavy (non-hydrogen) atoms. The van der Waals surface area contributed by atoms with Crippen molar-refractivity contribution in [2.45, 2.75) is 31.4 Å². The van der Waals surface area contributed by atoms with Crippen molar-refractivity contribution in [3.63, 3.8) is 0 Å². The average Bonchev–Trinajstić information content (AvgIpc) is 2.82. The molecule has 0 aliphatic carbocycles. The lowest BCUT2D eigenvalue weighted by Crippen LogP contribution is -2.32. The minimum atomic E-state index is -6.09. The molecule has 0 aliphatic heterocycles. The Morgan fingerprint density at radius 3 is 1.81 bits per heavy atom. The fourth-order valence-corrected chi connectivity index (χ4v) is 2.55. The summed E-state index contributed by atoms with van der Waals surface area (Å²) in [5.74, 6) is -0.595. The number of nitrogens with zero attached hydrogens (tertiary/aromatic N) is 2. The first-order valence-corrected chi connectivity index (χ1v) is 11.5. The second-order valence-corrected chi connectivity index (χ2v) is 9.58. The second-order valence-electron chi connectivity index (χ2n) is 5.07. The van der Waals surface area contributed by atoms with Crippen molar-refractivity contribution in [2.24, 2.45) is 0 Å². The maximum atomic E-state index is 10.7. The van der Waals surface area contributed by atoms with Crippen LogP contribution in [0, 0.1) is 0 Å². The summed E-state index contributed by atoms with van der Waals surface area (Å²) in [5, 5.41) is 0. The van der Waals surface area contributed by atoms with E-state index in [9.17, 15) is 30.0 Å². The highest BCUT2D eigenvalue weighted by atomic mass is 32.2. The Morgan fingerprint density at radius 1 is 0.963 bits per heavy atom. The van der Waals surface area contributed by atoms with Crippen LogP contribution in [0.15, 0.2) is 18.7 Å². The number of alkyl halides is 3. The van der Waals surface area contributed by atoms with Crippen molar-refractivity contribution >= 4 is 30.4 Å². The Hall–Kier alpha value is -1.27. The number of halogens is 3. The minimum absolute atomic E-state index is 0.290. The highest BCUT2D eigenvalue weighted by Gasteiger charge is 2.36. The first kappa shape index (κ1) is 25.7. The van der Waals surface area contributed by atoms with Gasteiger partial charge in [0.15, 0.2) is 10.1 Å². The highest BCUT2D eigenvalue weighted by Crippen LogP contribution is 2.20. The normalized spacial score (nSPS) is 13.1. The van der Waals surface area contributed by atoms with Gasteiger partial charge in [0.2, 0.25) is 6.33 Å². The van der Waals surface area contributed by atoms with Crippen LogP contribution in [0.3, 0.4) is 0 Å². The molecule has 0 saturated carbocycles. The topological polar surface area (TPSA) is 175 Å². The number of rotatable bonds is 8. The molecule has 0 atom stereocenters. The van der Waals surface area contributed by atoms with E-state index in [0.29, 0.717) is 25.9 Å². The predicted molar refractivity (Wildman–Crippen MR) is 82.4 cm³/mol. The SMILES string of the molecule is O=S(=O)(O)CCCn1cc[n+](CCCS(=O)(=O)O)c1.O=S(=O)([O-])C(F)(F)F. The van der Waals surface area contributed by atoms with Gasteiger partial charge in [-0.3, -0.25) is 9.11 Å². The molecule has 0 bridgehead atoms. The van der Waals surface area contributed by atoms with Crippen LogP contribution in [0.25, 0.3) is 0 Å². The summed E-state index contributed by atoms with van der Waals surface area (Å²) in [6.07, 6.45) is 5.72. The molecule has 0 spiro atoms. The van der Waals surface area contributed by atoms with E-state index in [1.165, 1.54) is 0 Å². The van der Waals surface area contributed by atoms with Gasteiger partial charge in [-0.05, 0) is 0 Å². The Labute approximate surface area is 153 Å². The molecule has 0 radical (unpaired) electrons. The molecule has 17 heteroatoms. The van der Waals surface area contributed by atoms with Gasteiger partial charge in [0.1, 0.15) is 12.4 Å². The highest BCUT2D eigenvalue weighted by molar-refractivity contribution is 7.86. The summed E-state index contributed by atoms with van der Waals surface area (Å²) in [6.45, 7) is 0.871. The lowest BCUT2D eigenvalue weighted by atomic mass is 10.5. The van der Waals surface area contributed by atoms with Crippen LogP contribution in [0.1, 0.15) is 12.8 Å². The Kier molecular flexibility index (Phi) is 9.32. The van der Waals surface area contributed by atoms with Crippen LogP contribution in [0.5, 0.6) is 0 Å². The molecule has 0 fully saturated rings. The summed E-state index contributed by atoms with van der Waals surface area (Å²) in [7, 11) is -14.0. The van der Waals surface area contributed by atoms with Crippen LogP contribution in [-0.4, -0.2) is 60.5 Å². The van der Waals surface area contributed by atoms with Gasteiger partial charge in [-0.25, -0.2) is 17.6 Å². The van der Waals surface area contributed by atoms with E-state index in [-0.39, 0.29) is 11.5 Å². The van der Waals surface area contributed by atoms with Gasteiger partial charge in [0, 0.05) is 12.8 Å². The monoisotopic (exact) mass is 462 g/mol. The number of aryl methyl sites for hydroxylation is 2. The van der Waals surface area contributed by atoms with E-state index in [1.54, 1.807) is 27.9 Å². The van der Waals surface area contributed by atoms with Crippen molar-refractivity contribution in [1.29, 1.82) is 0 Å². The zero-order chi connectivity index (χ0) is 21.5. The van der Waals surface area contributed by atoms with Crippen molar-refractivity contribution in [3.05, 3.63) is 18.7 Å². The summed E-state index contributed by atoms with van der Waals surface area (Å²) in [6, 6.07) is 0. The number of hydrogen-bond donors (Lipinski definition) is 2. The van der Waals surface area contributed by atoms with E-state index >= 15 is 0 Å². The average molecular weight is 462 g/mol. The summed E-state index contributed by atoms with van der Waals surface area (Å²) in [4.78, 5) is 0. The quantitative estimate of drug-likeness (QED) is 0.290. The molecule has 11 nitrogen and oxygen atoms in total. The smallest absolute Gasteiger partial charge is 0.485 e. The van der Waals surface area contributed by atoms with Gasteiger partial charge >= 0.3 is 5.51 Å². The minimum Gasteiger partial charge on any atom is -0.741 e. The fraction of sp³-hybridized carbons (Fsp3) is 0.700. The van der Waals surface area contributed by atoms with E-state index in [4.69, 9.17) is 22.1 Å². The van der Waals surface area contributed by atoms with Gasteiger partial charge in [-0.15, -0.1) is 0 Å². The predicted octanol–water partition coefficient (Wildman–Crippen LogP) is -0.617. The standard InChI is InChI=1S/C9H16N2O6S2.CHF3O3S/c12-18(13,14)7-1-3-10-5-6-11(9-10)4-2-8-19(15,16)17;2-1(3,4)8(5,6)7/h5-6,9H,1-4,7-8H2,(H-,12,13,14,15,16,17);(H,5,6,7). The third-order valence-electron chi connectivity index (χ3n) is 2.67. The number of imidazole rings is 1. The second kappa shape index (κ2) is 9.78. The van der Waals surface area contributed by atoms with Gasteiger partial charge in [0.05, 0.1) is 24.6 Å². The molecular formula is C10H17F3N2O9S3. The molecule has 2 N–H and O–H groups in total. The van der Waals surface area contributed by atoms with Gasteiger partial charge < -0.3 is 4.55 Å². The third kappa shape index (κ3) is 13.5. The first-order valence-electron chi connectivity index (χ1n) is 6.88. The number of hydrogen-bond acceptors (Lipinski definition) is 7. The van der Waals surface area contributed by atoms with Crippen molar-refractivity contribution in [2.75, 3.05) is 11.5 Å². The molecule has 0 aliphatic rings. The van der Waals surface area contributed by atoms with Gasteiger partial charge in [-0.1, -0.05) is 0 Å². The molecule has 1 rings (SSSR count). The Bertz CT molecular complexity index is 853. The van der Waals surface area contributed by atoms with Crippen LogP contribution in [0.2, 0.25) is 0 Å². The van der Waals surface area contributed by atoms with Crippen LogP contribution >= 0.6 is 0 Å². The van der Waals surface area contributed by atoms with E-state index in [0.717, 1.165) is 0 Å². The third-order valence-corrected chi connectivity index (χ3v) is 4.84. The molecule has 0 amide bonds. The molecule has 0 unspecified atom stereocenters. The van der Waals surface area contributed by atoms with Crippen LogP contribution < -0.4 is 4.57 Å². The largest absolute Gasteiger partial charge is 0.741 e. The fourth-order valence-electron chi connectivity index (χ4n) is 1.56. The molecule has 1 aromatic rings. The van der Waals surface area contributed by atoms with Gasteiger partial charge in [0.25, 0.3) is 20.2 Å². The molecule has 1 heterocycles. The van der Waals surface area contributed by atoms with Gasteiger partial charge in [-0.2, -0.15) is 30.0 Å². The van der Waals surface area contributed by atoms with E-state index in [2.05, 4.69) is 0 Å². The summed E-state index contributed by atoms with van der Waals surface area (Å²) in [5.41, 5.74) is -5.65. The molecule has 1 aromatic heterocycles. The zero-order valence-corrected chi connectivity index (χ0v) is 15.9. The van der Waals surface area contributed by atoms with Crippen LogP contribution in [-0.2, 0) is 43.4 Å². The van der Waals surface area contributed by atoms with Crippen molar-refractivity contribution in [1.82, 2.24) is 4.57 Å². The van der Waals surface area contributed by atoms with Crippen molar-refractivity contribution < 1.29 is 56.6 Å². The van der Waals surface area contributed by atoms with E-state index < -0.39 is 35.9 Å². The molecule has 0 aromatic carbocycles. The Morgan fingerprint density at radius 2 is 1.41 bits per heavy atom. The maximum Gasteiger partial charge on any atom is 0.485 e. The summed E-state index contributed by atoms with van der Waals surface area (Å²) >= 11 is 0. The number of aromatic nitrogens is 2. The Balaban J connectivity index is 0.000000713. The zero-order valence-electron chi connectivity index (χ0n) is 13.5. The lowest BCUT2D eigenvalue weighted by Gasteiger charge is -2.08. The molecule has 0 saturated heterocycles. The molecule has 160 valence electrons. The van der Waals surface area contributed by atoms with Crippen LogP contribution in [0.4, 0.5) is 13.2 Å². The maximum absolute atomic E-state index is 10.7. The lowest BCUT2D eigenvalue weighted by molar-refractivity contribution is -0.696. The first-order chi connectivity index (χ1) is 11.9. The summed E-state index contributed by atoms with van der Waals surface area (Å²) < 4.78 is 122. The van der Waals surface area contributed by atoms with E-state index in [1.807, 2.05) is 0 Å². The van der Waals surface area contributed by atoms with Crippen molar-refractivity contribution in [3.8, 4) is 0 Å². The molecular weight excluding hydrogens is 445 g/mol.